The van der Waals surface area contributed by atoms with Crippen molar-refractivity contribution in [3.8, 4) is 0 Å². The van der Waals surface area contributed by atoms with Gasteiger partial charge in [-0.2, -0.15) is 0 Å². The maximum Gasteiger partial charge on any atom is 0.405 e. The molecule has 4 N–H and O–H groups in total. The summed E-state index contributed by atoms with van der Waals surface area (Å²) < 4.78 is 0. The number of amides is 1. The lowest BCUT2D eigenvalue weighted by atomic mass is 9.54. The van der Waals surface area contributed by atoms with Gasteiger partial charge in [0.15, 0.2) is 0 Å². The molecular formula is C25H38N2O3. The van der Waals surface area contributed by atoms with Crippen LogP contribution in [0.3, 0.4) is 0 Å². The first-order valence-corrected chi connectivity index (χ1v) is 11.6. The van der Waals surface area contributed by atoms with Crippen molar-refractivity contribution in [1.82, 2.24) is 10.6 Å². The highest BCUT2D eigenvalue weighted by Gasteiger charge is 2.51. The van der Waals surface area contributed by atoms with E-state index in [0.717, 1.165) is 29.2 Å². The number of rotatable bonds is 7. The van der Waals surface area contributed by atoms with Crippen LogP contribution in [0.5, 0.6) is 0 Å². The first kappa shape index (κ1) is 21.6. The van der Waals surface area contributed by atoms with Gasteiger partial charge in [-0.05, 0) is 73.2 Å². The Morgan fingerprint density at radius 1 is 1.03 bits per heavy atom. The van der Waals surface area contributed by atoms with E-state index in [-0.39, 0.29) is 0 Å². The van der Waals surface area contributed by atoms with E-state index in [0.29, 0.717) is 19.0 Å². The minimum absolute atomic E-state index is 0.414. The van der Waals surface area contributed by atoms with Crippen LogP contribution >= 0.6 is 0 Å². The monoisotopic (exact) mass is 414 g/mol. The fourth-order valence-corrected chi connectivity index (χ4v) is 6.99. The normalized spacial score (nSPS) is 33.1. The Labute approximate surface area is 180 Å². The van der Waals surface area contributed by atoms with Crippen molar-refractivity contribution in [2.75, 3.05) is 6.54 Å². The number of hydrogen-bond acceptors (Lipinski definition) is 3. The van der Waals surface area contributed by atoms with Crippen LogP contribution in [0.4, 0.5) is 4.79 Å². The molecule has 5 rings (SSSR count). The average molecular weight is 415 g/mol. The quantitative estimate of drug-likeness (QED) is 0.542. The van der Waals surface area contributed by atoms with Crippen LogP contribution in [-0.4, -0.2) is 40.5 Å². The second-order valence-corrected chi connectivity index (χ2v) is 11.2. The van der Waals surface area contributed by atoms with E-state index in [2.05, 4.69) is 10.6 Å². The highest BCUT2D eigenvalue weighted by atomic mass is 16.4. The van der Waals surface area contributed by atoms with Gasteiger partial charge in [-0.25, -0.2) is 4.79 Å². The van der Waals surface area contributed by atoms with E-state index >= 15 is 0 Å². The molecule has 5 heteroatoms. The Hall–Kier alpha value is -1.59. The van der Waals surface area contributed by atoms with E-state index in [1.165, 1.54) is 32.1 Å². The van der Waals surface area contributed by atoms with E-state index in [1.807, 2.05) is 51.1 Å². The van der Waals surface area contributed by atoms with Crippen molar-refractivity contribution in [1.29, 1.82) is 0 Å². The summed E-state index contributed by atoms with van der Waals surface area (Å²) in [5, 5.41) is 27.6. The molecule has 0 spiro atoms. The minimum Gasteiger partial charge on any atom is -0.465 e. The summed E-state index contributed by atoms with van der Waals surface area (Å²) in [5.41, 5.74) is -0.430. The van der Waals surface area contributed by atoms with Gasteiger partial charge >= 0.3 is 6.09 Å². The van der Waals surface area contributed by atoms with Gasteiger partial charge in [0, 0.05) is 12.6 Å². The largest absolute Gasteiger partial charge is 0.465 e. The first-order chi connectivity index (χ1) is 14.2. The van der Waals surface area contributed by atoms with Crippen molar-refractivity contribution in [2.45, 2.75) is 77.0 Å². The minimum atomic E-state index is -1.09. The number of benzene rings is 1. The molecule has 2 atom stereocenters. The summed E-state index contributed by atoms with van der Waals surface area (Å²) in [6.45, 7) is 6.45. The van der Waals surface area contributed by atoms with Gasteiger partial charge in [0.25, 0.3) is 0 Å². The zero-order chi connectivity index (χ0) is 21.5. The molecule has 166 valence electrons. The number of nitrogens with one attached hydrogen (secondary N) is 2. The maximum atomic E-state index is 11.8. The summed E-state index contributed by atoms with van der Waals surface area (Å²) in [7, 11) is 0. The third-order valence-corrected chi connectivity index (χ3v) is 8.34. The molecule has 4 aliphatic carbocycles. The Bertz CT molecular complexity index is 717. The summed E-state index contributed by atoms with van der Waals surface area (Å²) in [4.78, 5) is 11.8. The van der Waals surface area contributed by atoms with Crippen LogP contribution in [0.15, 0.2) is 30.3 Å². The summed E-state index contributed by atoms with van der Waals surface area (Å²) in [6.07, 6.45) is 5.25. The molecule has 1 aromatic rings. The van der Waals surface area contributed by atoms with E-state index in [4.69, 9.17) is 0 Å². The SMILES string of the molecule is CC(C)(C)[C@](Cc1ccccc1)(NC(=O)O)[C@H](O)CNC1C2CC3CC(C2)CC1C3. The second-order valence-electron chi connectivity index (χ2n) is 11.2. The van der Waals surface area contributed by atoms with Crippen molar-refractivity contribution >= 4 is 6.09 Å². The van der Waals surface area contributed by atoms with Crippen molar-refractivity contribution in [3.05, 3.63) is 35.9 Å². The zero-order valence-corrected chi connectivity index (χ0v) is 18.6. The predicted molar refractivity (Wildman–Crippen MR) is 118 cm³/mol. The Kier molecular flexibility index (Phi) is 5.88. The zero-order valence-electron chi connectivity index (χ0n) is 18.6. The third kappa shape index (κ3) is 4.11. The van der Waals surface area contributed by atoms with Gasteiger partial charge in [-0.15, -0.1) is 0 Å². The van der Waals surface area contributed by atoms with Crippen LogP contribution in [0.2, 0.25) is 0 Å². The molecule has 0 unspecified atom stereocenters. The Morgan fingerprint density at radius 2 is 1.60 bits per heavy atom. The molecule has 0 radical (unpaired) electrons. The Balaban J connectivity index is 1.53. The van der Waals surface area contributed by atoms with E-state index < -0.39 is 23.2 Å². The molecule has 5 nitrogen and oxygen atoms in total. The highest BCUT2D eigenvalue weighted by molar-refractivity contribution is 5.66. The predicted octanol–water partition coefficient (Wildman–Crippen LogP) is 4.06. The molecular weight excluding hydrogens is 376 g/mol. The summed E-state index contributed by atoms with van der Waals surface area (Å²) >= 11 is 0. The number of carbonyl (C=O) groups is 1. The van der Waals surface area contributed by atoms with Crippen molar-refractivity contribution in [2.24, 2.45) is 29.1 Å². The van der Waals surface area contributed by atoms with Crippen LogP contribution in [0.25, 0.3) is 0 Å². The summed E-state index contributed by atoms with van der Waals surface area (Å²) in [5.74, 6) is 3.27. The van der Waals surface area contributed by atoms with Crippen LogP contribution < -0.4 is 10.6 Å². The van der Waals surface area contributed by atoms with Crippen molar-refractivity contribution < 1.29 is 15.0 Å². The number of hydrogen-bond donors (Lipinski definition) is 4. The molecule has 1 aromatic carbocycles. The molecule has 4 bridgehead atoms. The lowest BCUT2D eigenvalue weighted by Crippen LogP contribution is -2.68. The Morgan fingerprint density at radius 3 is 2.10 bits per heavy atom. The van der Waals surface area contributed by atoms with E-state index in [9.17, 15) is 15.0 Å². The molecule has 4 fully saturated rings. The van der Waals surface area contributed by atoms with Gasteiger partial charge < -0.3 is 20.8 Å². The molecule has 4 aliphatic rings. The maximum absolute atomic E-state index is 11.8. The lowest BCUT2D eigenvalue weighted by molar-refractivity contribution is -0.0361. The molecule has 0 saturated heterocycles. The van der Waals surface area contributed by atoms with Crippen molar-refractivity contribution in [3.63, 3.8) is 0 Å². The molecule has 1 amide bonds. The summed E-state index contributed by atoms with van der Waals surface area (Å²) in [6, 6.07) is 10.3. The number of carboxylic acid groups (broad SMARTS) is 1. The molecule has 0 heterocycles. The fourth-order valence-electron chi connectivity index (χ4n) is 6.99. The van der Waals surface area contributed by atoms with Crippen LogP contribution in [0.1, 0.15) is 58.4 Å². The van der Waals surface area contributed by atoms with Gasteiger partial charge in [-0.1, -0.05) is 51.1 Å². The third-order valence-electron chi connectivity index (χ3n) is 8.34. The highest BCUT2D eigenvalue weighted by Crippen LogP contribution is 2.53. The molecule has 4 saturated carbocycles. The average Bonchev–Trinajstić information content (AvgIpc) is 2.65. The standard InChI is InChI=1S/C25H38N2O3/c1-24(2,3)25(27-23(29)30,14-16-7-5-4-6-8-16)21(28)15-26-22-19-10-17-9-18(12-19)13-20(22)11-17/h4-8,17-22,26-28H,9-15H2,1-3H3,(H,29,30)/t17?,18?,19?,20?,21-,22?,25-/m1/s1. The first-order valence-electron chi connectivity index (χ1n) is 11.6. The number of aliphatic hydroxyl groups excluding tert-OH is 1. The lowest BCUT2D eigenvalue weighted by Gasteiger charge is -2.55. The van der Waals surface area contributed by atoms with E-state index in [1.54, 1.807) is 0 Å². The van der Waals surface area contributed by atoms with Crippen LogP contribution in [0, 0.1) is 29.1 Å². The topological polar surface area (TPSA) is 81.6 Å². The molecule has 0 aromatic heterocycles. The number of aliphatic hydroxyl groups is 1. The smallest absolute Gasteiger partial charge is 0.405 e. The van der Waals surface area contributed by atoms with Gasteiger partial charge in [0.2, 0.25) is 0 Å². The van der Waals surface area contributed by atoms with Crippen LogP contribution in [-0.2, 0) is 6.42 Å². The van der Waals surface area contributed by atoms with Gasteiger partial charge in [0.1, 0.15) is 0 Å². The molecule has 0 aliphatic heterocycles. The van der Waals surface area contributed by atoms with Gasteiger partial charge in [0.05, 0.1) is 11.6 Å². The fraction of sp³-hybridized carbons (Fsp3) is 0.720. The molecule has 30 heavy (non-hydrogen) atoms. The second kappa shape index (κ2) is 8.16. The van der Waals surface area contributed by atoms with Gasteiger partial charge in [-0.3, -0.25) is 0 Å².